The molecule has 0 saturated heterocycles. The number of benzene rings is 1. The van der Waals surface area contributed by atoms with Crippen LogP contribution in [0.4, 0.5) is 0 Å². The van der Waals surface area contributed by atoms with Crippen LogP contribution in [0.3, 0.4) is 0 Å². The maximum atomic E-state index is 12.0. The molecule has 0 fully saturated rings. The second-order valence-corrected chi connectivity index (χ2v) is 7.45. The lowest BCUT2D eigenvalue weighted by atomic mass is 9.87. The van der Waals surface area contributed by atoms with E-state index >= 15 is 0 Å². The minimum atomic E-state index is -4.65. The maximum absolute atomic E-state index is 12.0. The smallest absolute Gasteiger partial charge is 0.271 e. The van der Waals surface area contributed by atoms with Crippen LogP contribution in [0.2, 0.25) is 0 Å². The summed E-state index contributed by atoms with van der Waals surface area (Å²) >= 11 is 0. The van der Waals surface area contributed by atoms with Crippen molar-refractivity contribution < 1.29 is 22.2 Å². The van der Waals surface area contributed by atoms with E-state index < -0.39 is 21.1 Å². The van der Waals surface area contributed by atoms with Crippen LogP contribution in [0.1, 0.15) is 42.5 Å². The summed E-state index contributed by atoms with van der Waals surface area (Å²) in [7, 11) is -4.65. The fourth-order valence-electron chi connectivity index (χ4n) is 1.88. The van der Waals surface area contributed by atoms with Crippen LogP contribution in [0.25, 0.3) is 0 Å². The Balaban J connectivity index is 2.01. The molecule has 1 heterocycles. The number of furan rings is 1. The monoisotopic (exact) mass is 349 g/mol. The average molecular weight is 349 g/mol. The Morgan fingerprint density at radius 3 is 2.29 bits per heavy atom. The number of nitrogens with zero attached hydrogens (tertiary/aromatic N) is 1. The van der Waals surface area contributed by atoms with Gasteiger partial charge in [0.2, 0.25) is 5.09 Å². The number of amides is 1. The zero-order valence-corrected chi connectivity index (χ0v) is 14.3. The van der Waals surface area contributed by atoms with Crippen LogP contribution in [0.15, 0.2) is 51.0 Å². The number of rotatable bonds is 4. The number of hydrogen-bond acceptors (Lipinski definition) is 6. The van der Waals surface area contributed by atoms with Gasteiger partial charge in [-0.2, -0.15) is 5.10 Å². The van der Waals surface area contributed by atoms with Gasteiger partial charge < -0.3 is 8.97 Å². The quantitative estimate of drug-likeness (QED) is 0.517. The molecule has 8 heteroatoms. The highest BCUT2D eigenvalue weighted by Gasteiger charge is 2.14. The molecule has 0 aliphatic rings. The Bertz CT molecular complexity index is 859. The fourth-order valence-corrected chi connectivity index (χ4v) is 2.31. The van der Waals surface area contributed by atoms with E-state index in [-0.39, 0.29) is 11.2 Å². The van der Waals surface area contributed by atoms with Crippen molar-refractivity contribution in [3.63, 3.8) is 0 Å². The predicted octanol–water partition coefficient (Wildman–Crippen LogP) is 2.25. The molecule has 1 aromatic carbocycles. The van der Waals surface area contributed by atoms with Gasteiger partial charge in [0.1, 0.15) is 5.76 Å². The van der Waals surface area contributed by atoms with Gasteiger partial charge in [0.05, 0.1) is 6.21 Å². The highest BCUT2D eigenvalue weighted by atomic mass is 32.2. The summed E-state index contributed by atoms with van der Waals surface area (Å²) in [5.41, 5.74) is 3.82. The molecule has 0 unspecified atom stereocenters. The third-order valence-electron chi connectivity index (χ3n) is 3.22. The third-order valence-corrected chi connectivity index (χ3v) is 3.93. The highest BCUT2D eigenvalue weighted by Crippen LogP contribution is 2.22. The van der Waals surface area contributed by atoms with Crippen LogP contribution >= 0.6 is 0 Å². The molecular formula is C16H17N2O5S-. The van der Waals surface area contributed by atoms with Gasteiger partial charge in [-0.25, -0.2) is 13.8 Å². The Kier molecular flexibility index (Phi) is 4.91. The molecule has 0 aliphatic heterocycles. The van der Waals surface area contributed by atoms with Crippen LogP contribution < -0.4 is 5.43 Å². The largest absolute Gasteiger partial charge is 0.742 e. The third kappa shape index (κ3) is 4.53. The van der Waals surface area contributed by atoms with E-state index in [1.165, 1.54) is 6.07 Å². The normalized spacial score (nSPS) is 12.5. The van der Waals surface area contributed by atoms with Crippen LogP contribution in [-0.2, 0) is 15.5 Å². The zero-order chi connectivity index (χ0) is 18.0. The number of nitrogens with one attached hydrogen (secondary N) is 1. The second-order valence-electron chi connectivity index (χ2n) is 6.14. The van der Waals surface area contributed by atoms with Crippen molar-refractivity contribution in [2.45, 2.75) is 31.3 Å². The molecule has 7 nitrogen and oxygen atoms in total. The van der Waals surface area contributed by atoms with Crippen LogP contribution in [0, 0.1) is 0 Å². The summed E-state index contributed by atoms with van der Waals surface area (Å²) in [6.45, 7) is 6.23. The fraction of sp³-hybridized carbons (Fsp3) is 0.250. The van der Waals surface area contributed by atoms with E-state index in [9.17, 15) is 17.8 Å². The lowest BCUT2D eigenvalue weighted by Crippen LogP contribution is -2.18. The first-order chi connectivity index (χ1) is 11.1. The number of hydrazone groups is 1. The SMILES string of the molecule is CC(C)(C)c1ccc(C(=O)N/N=C/c2ccc(S(=O)(=O)[O-])o2)cc1. The minimum Gasteiger partial charge on any atom is -0.742 e. The minimum absolute atomic E-state index is 0.00788. The van der Waals surface area contributed by atoms with Gasteiger partial charge in [-0.1, -0.05) is 32.9 Å². The summed E-state index contributed by atoms with van der Waals surface area (Å²) in [5, 5.41) is 2.97. The predicted molar refractivity (Wildman–Crippen MR) is 86.9 cm³/mol. The van der Waals surface area contributed by atoms with Crippen molar-refractivity contribution >= 4 is 22.2 Å². The summed E-state index contributed by atoms with van der Waals surface area (Å²) in [6, 6.07) is 9.42. The summed E-state index contributed by atoms with van der Waals surface area (Å²) in [5.74, 6) is -0.386. The van der Waals surface area contributed by atoms with Gasteiger partial charge in [0.15, 0.2) is 10.1 Å². The van der Waals surface area contributed by atoms with Gasteiger partial charge >= 0.3 is 0 Å². The summed E-state index contributed by atoms with van der Waals surface area (Å²) in [4.78, 5) is 12.0. The molecule has 2 rings (SSSR count). The Morgan fingerprint density at radius 1 is 1.17 bits per heavy atom. The molecular weight excluding hydrogens is 332 g/mol. The van der Waals surface area contributed by atoms with Gasteiger partial charge in [-0.15, -0.1) is 0 Å². The van der Waals surface area contributed by atoms with E-state index in [0.29, 0.717) is 5.56 Å². The van der Waals surface area contributed by atoms with Crippen molar-refractivity contribution in [3.05, 3.63) is 53.3 Å². The first-order valence-electron chi connectivity index (χ1n) is 7.07. The molecule has 0 aliphatic carbocycles. The molecule has 128 valence electrons. The lowest BCUT2D eigenvalue weighted by Gasteiger charge is -2.18. The first-order valence-corrected chi connectivity index (χ1v) is 8.48. The molecule has 1 aromatic heterocycles. The van der Waals surface area contributed by atoms with Gasteiger partial charge in [-0.3, -0.25) is 4.79 Å². The van der Waals surface area contributed by atoms with Crippen molar-refractivity contribution in [1.82, 2.24) is 5.43 Å². The van der Waals surface area contributed by atoms with Gasteiger partial charge in [0, 0.05) is 5.56 Å². The van der Waals surface area contributed by atoms with Crippen LogP contribution in [-0.4, -0.2) is 25.1 Å². The topological polar surface area (TPSA) is 112 Å². The average Bonchev–Trinajstić information content (AvgIpc) is 2.95. The van der Waals surface area contributed by atoms with E-state index in [2.05, 4.69) is 31.3 Å². The zero-order valence-electron chi connectivity index (χ0n) is 13.4. The summed E-state index contributed by atoms with van der Waals surface area (Å²) in [6.07, 6.45) is 1.11. The Labute approximate surface area is 140 Å². The van der Waals surface area contributed by atoms with Crippen LogP contribution in [0.5, 0.6) is 0 Å². The van der Waals surface area contributed by atoms with Crippen molar-refractivity contribution in [3.8, 4) is 0 Å². The molecule has 0 spiro atoms. The molecule has 2 aromatic rings. The van der Waals surface area contributed by atoms with Crippen molar-refractivity contribution in [2.75, 3.05) is 0 Å². The molecule has 1 amide bonds. The van der Waals surface area contributed by atoms with Gasteiger partial charge in [-0.05, 0) is 35.2 Å². The number of hydrogen-bond donors (Lipinski definition) is 1. The Hall–Kier alpha value is -2.45. The standard InChI is InChI=1S/C16H18N2O5S/c1-16(2,3)12-6-4-11(5-7-12)15(19)18-17-10-13-8-9-14(23-13)24(20,21)22/h4-10H,1-3H3,(H,18,19)(H,20,21,22)/p-1/b17-10+. The Morgan fingerprint density at radius 2 is 1.79 bits per heavy atom. The molecule has 1 N–H and O–H groups in total. The number of carbonyl (C=O) groups is 1. The maximum Gasteiger partial charge on any atom is 0.271 e. The molecule has 0 atom stereocenters. The van der Waals surface area contributed by atoms with Gasteiger partial charge in [0.25, 0.3) is 5.91 Å². The lowest BCUT2D eigenvalue weighted by molar-refractivity contribution is 0.0955. The van der Waals surface area contributed by atoms with Crippen molar-refractivity contribution in [2.24, 2.45) is 5.10 Å². The molecule has 24 heavy (non-hydrogen) atoms. The second kappa shape index (κ2) is 6.58. The van der Waals surface area contributed by atoms with Crippen molar-refractivity contribution in [1.29, 1.82) is 0 Å². The van der Waals surface area contributed by atoms with E-state index in [0.717, 1.165) is 17.8 Å². The number of carbonyl (C=O) groups excluding carboxylic acids is 1. The van der Waals surface area contributed by atoms with E-state index in [1.807, 2.05) is 12.1 Å². The molecule has 0 radical (unpaired) electrons. The summed E-state index contributed by atoms with van der Waals surface area (Å²) < 4.78 is 37.0. The first kappa shape index (κ1) is 17.9. The highest BCUT2D eigenvalue weighted by molar-refractivity contribution is 7.85. The van der Waals surface area contributed by atoms with E-state index in [4.69, 9.17) is 4.42 Å². The molecule has 0 saturated carbocycles. The van der Waals surface area contributed by atoms with E-state index in [1.54, 1.807) is 12.1 Å². The molecule has 0 bridgehead atoms.